The summed E-state index contributed by atoms with van der Waals surface area (Å²) in [5.74, 6) is 1.23. The average Bonchev–Trinajstić information content (AvgIpc) is 2.57. The SMILES string of the molecule is COc1ccc(CNc2nc(N)c(N=O)c(=O)n2C)cc1OC. The van der Waals surface area contributed by atoms with Gasteiger partial charge in [-0.1, -0.05) is 6.07 Å². The Bertz CT molecular complexity index is 787. The van der Waals surface area contributed by atoms with Gasteiger partial charge in [0.05, 0.1) is 14.2 Å². The van der Waals surface area contributed by atoms with Crippen LogP contribution in [0.15, 0.2) is 28.2 Å². The molecule has 1 aromatic carbocycles. The van der Waals surface area contributed by atoms with E-state index >= 15 is 0 Å². The summed E-state index contributed by atoms with van der Waals surface area (Å²) in [5, 5.41) is 5.59. The summed E-state index contributed by atoms with van der Waals surface area (Å²) in [4.78, 5) is 26.5. The highest BCUT2D eigenvalue weighted by atomic mass is 16.5. The largest absolute Gasteiger partial charge is 0.493 e. The Morgan fingerprint density at radius 2 is 2.00 bits per heavy atom. The van der Waals surface area contributed by atoms with Crippen LogP contribution in [0.2, 0.25) is 0 Å². The zero-order valence-corrected chi connectivity index (χ0v) is 13.0. The van der Waals surface area contributed by atoms with Crippen LogP contribution >= 0.6 is 0 Å². The van der Waals surface area contributed by atoms with Crippen molar-refractivity contribution >= 4 is 17.5 Å². The van der Waals surface area contributed by atoms with E-state index in [0.29, 0.717) is 18.0 Å². The monoisotopic (exact) mass is 319 g/mol. The number of hydrogen-bond acceptors (Lipinski definition) is 8. The van der Waals surface area contributed by atoms with Crippen molar-refractivity contribution in [1.82, 2.24) is 9.55 Å². The highest BCUT2D eigenvalue weighted by Crippen LogP contribution is 2.27. The van der Waals surface area contributed by atoms with E-state index < -0.39 is 11.2 Å². The number of benzene rings is 1. The first-order valence-electron chi connectivity index (χ1n) is 6.66. The number of methoxy groups -OCH3 is 2. The maximum absolute atomic E-state index is 11.9. The first-order valence-corrected chi connectivity index (χ1v) is 6.66. The lowest BCUT2D eigenvalue weighted by Crippen LogP contribution is -2.23. The summed E-state index contributed by atoms with van der Waals surface area (Å²) in [6.45, 7) is 0.369. The van der Waals surface area contributed by atoms with Crippen LogP contribution in [0.25, 0.3) is 0 Å². The van der Waals surface area contributed by atoms with Crippen molar-refractivity contribution in [3.8, 4) is 11.5 Å². The number of nitrogens with zero attached hydrogens (tertiary/aromatic N) is 3. The topological polar surface area (TPSA) is 121 Å². The normalized spacial score (nSPS) is 10.2. The summed E-state index contributed by atoms with van der Waals surface area (Å²) in [6, 6.07) is 5.42. The second-order valence-corrected chi connectivity index (χ2v) is 4.67. The molecule has 0 saturated heterocycles. The lowest BCUT2D eigenvalue weighted by molar-refractivity contribution is 0.354. The minimum atomic E-state index is -0.609. The molecule has 0 unspecified atom stereocenters. The number of rotatable bonds is 6. The van der Waals surface area contributed by atoms with Crippen LogP contribution in [-0.2, 0) is 13.6 Å². The van der Waals surface area contributed by atoms with Crippen LogP contribution in [0.4, 0.5) is 17.5 Å². The quantitative estimate of drug-likeness (QED) is 0.772. The van der Waals surface area contributed by atoms with Crippen molar-refractivity contribution < 1.29 is 9.47 Å². The number of nitrogens with two attached hydrogens (primary N) is 1. The molecule has 0 fully saturated rings. The molecule has 9 nitrogen and oxygen atoms in total. The van der Waals surface area contributed by atoms with Gasteiger partial charge in [-0.25, -0.2) is 0 Å². The maximum atomic E-state index is 11.9. The third kappa shape index (κ3) is 3.23. The van der Waals surface area contributed by atoms with Crippen LogP contribution < -0.4 is 26.1 Å². The zero-order valence-electron chi connectivity index (χ0n) is 13.0. The van der Waals surface area contributed by atoms with Gasteiger partial charge in [0.25, 0.3) is 5.56 Å². The second-order valence-electron chi connectivity index (χ2n) is 4.67. The van der Waals surface area contributed by atoms with Crippen LogP contribution in [0.5, 0.6) is 11.5 Å². The molecule has 9 heteroatoms. The number of hydrogen-bond donors (Lipinski definition) is 2. The Morgan fingerprint density at radius 3 is 2.61 bits per heavy atom. The van der Waals surface area contributed by atoms with E-state index in [9.17, 15) is 9.70 Å². The molecule has 122 valence electrons. The van der Waals surface area contributed by atoms with Gasteiger partial charge < -0.3 is 20.5 Å². The fourth-order valence-corrected chi connectivity index (χ4v) is 2.02. The third-order valence-electron chi connectivity index (χ3n) is 3.28. The van der Waals surface area contributed by atoms with Crippen molar-refractivity contribution in [2.45, 2.75) is 6.54 Å². The Morgan fingerprint density at radius 1 is 1.30 bits per heavy atom. The highest BCUT2D eigenvalue weighted by Gasteiger charge is 2.13. The van der Waals surface area contributed by atoms with Gasteiger partial charge in [-0.2, -0.15) is 4.98 Å². The first kappa shape index (κ1) is 16.3. The van der Waals surface area contributed by atoms with Gasteiger partial charge in [-0.05, 0) is 22.9 Å². The summed E-state index contributed by atoms with van der Waals surface area (Å²) in [6.07, 6.45) is 0. The Kier molecular flexibility index (Phi) is 4.79. The van der Waals surface area contributed by atoms with Gasteiger partial charge in [-0.15, -0.1) is 4.91 Å². The molecule has 23 heavy (non-hydrogen) atoms. The Hall–Kier alpha value is -3.10. The standard InChI is InChI=1S/C14H17N5O4/c1-19-13(20)11(18-21)12(15)17-14(19)16-7-8-4-5-9(22-2)10(6-8)23-3/h4-6H,7,15H2,1-3H3,(H,16,17). The molecule has 0 amide bonds. The van der Waals surface area contributed by atoms with Gasteiger partial charge in [-0.3, -0.25) is 9.36 Å². The average molecular weight is 319 g/mol. The minimum absolute atomic E-state index is 0.210. The molecular formula is C14H17N5O4. The van der Waals surface area contributed by atoms with Crippen LogP contribution in [0, 0.1) is 4.91 Å². The lowest BCUT2D eigenvalue weighted by Gasteiger charge is -2.13. The molecule has 0 aliphatic heterocycles. The van der Waals surface area contributed by atoms with Gasteiger partial charge in [0.2, 0.25) is 11.6 Å². The van der Waals surface area contributed by atoms with E-state index in [0.717, 1.165) is 5.56 Å². The number of nitroso groups, excluding NO2 is 1. The maximum Gasteiger partial charge on any atom is 0.286 e. The molecule has 1 heterocycles. The van der Waals surface area contributed by atoms with E-state index in [1.165, 1.54) is 11.6 Å². The Balaban J connectivity index is 2.25. The molecule has 0 saturated carbocycles. The molecule has 0 atom stereocenters. The minimum Gasteiger partial charge on any atom is -0.493 e. The summed E-state index contributed by atoms with van der Waals surface area (Å²) >= 11 is 0. The lowest BCUT2D eigenvalue weighted by atomic mass is 10.2. The van der Waals surface area contributed by atoms with E-state index in [1.807, 2.05) is 6.07 Å². The predicted octanol–water partition coefficient (Wildman–Crippen LogP) is 1.39. The molecule has 2 aromatic rings. The fraction of sp³-hybridized carbons (Fsp3) is 0.286. The van der Waals surface area contributed by atoms with Crippen molar-refractivity contribution in [1.29, 1.82) is 0 Å². The van der Waals surface area contributed by atoms with Crippen LogP contribution in [-0.4, -0.2) is 23.8 Å². The molecule has 0 bridgehead atoms. The molecular weight excluding hydrogens is 302 g/mol. The second kappa shape index (κ2) is 6.77. The number of aromatic nitrogens is 2. The van der Waals surface area contributed by atoms with Crippen molar-refractivity contribution in [2.75, 3.05) is 25.3 Å². The van der Waals surface area contributed by atoms with E-state index in [2.05, 4.69) is 15.5 Å². The molecule has 0 spiro atoms. The van der Waals surface area contributed by atoms with Crippen molar-refractivity contribution in [3.05, 3.63) is 39.0 Å². The molecule has 2 rings (SSSR count). The van der Waals surface area contributed by atoms with E-state index in [-0.39, 0.29) is 11.8 Å². The number of ether oxygens (including phenoxy) is 2. The number of nitrogens with one attached hydrogen (secondary N) is 1. The van der Waals surface area contributed by atoms with Crippen molar-refractivity contribution in [2.24, 2.45) is 12.2 Å². The molecule has 1 aromatic heterocycles. The van der Waals surface area contributed by atoms with Crippen molar-refractivity contribution in [3.63, 3.8) is 0 Å². The number of anilines is 2. The highest BCUT2D eigenvalue weighted by molar-refractivity contribution is 5.58. The summed E-state index contributed by atoms with van der Waals surface area (Å²) < 4.78 is 11.6. The summed E-state index contributed by atoms with van der Waals surface area (Å²) in [5.41, 5.74) is 5.43. The summed E-state index contributed by atoms with van der Waals surface area (Å²) in [7, 11) is 4.58. The third-order valence-corrected chi connectivity index (χ3v) is 3.28. The molecule has 0 radical (unpaired) electrons. The van der Waals surface area contributed by atoms with Crippen LogP contribution in [0.1, 0.15) is 5.56 Å². The Labute approximate surface area is 132 Å². The molecule has 3 N–H and O–H groups in total. The fourth-order valence-electron chi connectivity index (χ4n) is 2.02. The van der Waals surface area contributed by atoms with Gasteiger partial charge >= 0.3 is 0 Å². The van der Waals surface area contributed by atoms with Gasteiger partial charge in [0.15, 0.2) is 17.3 Å². The van der Waals surface area contributed by atoms with E-state index in [1.54, 1.807) is 26.4 Å². The van der Waals surface area contributed by atoms with Crippen LogP contribution in [0.3, 0.4) is 0 Å². The predicted molar refractivity (Wildman–Crippen MR) is 86.2 cm³/mol. The zero-order chi connectivity index (χ0) is 17.0. The molecule has 0 aliphatic carbocycles. The molecule has 0 aliphatic rings. The van der Waals surface area contributed by atoms with Gasteiger partial charge in [0, 0.05) is 13.6 Å². The van der Waals surface area contributed by atoms with Gasteiger partial charge in [0.1, 0.15) is 0 Å². The van der Waals surface area contributed by atoms with E-state index in [4.69, 9.17) is 15.2 Å². The smallest absolute Gasteiger partial charge is 0.286 e. The first-order chi connectivity index (χ1) is 11.0. The number of nitrogen functional groups attached to an aromatic ring is 1.